The van der Waals surface area contributed by atoms with Gasteiger partial charge in [0.05, 0.1) is 17.8 Å². The molecule has 0 unspecified atom stereocenters. The molecule has 0 atom stereocenters. The number of hydrogen-bond acceptors (Lipinski definition) is 3. The van der Waals surface area contributed by atoms with Crippen molar-refractivity contribution in [3.63, 3.8) is 0 Å². The molecule has 3 rings (SSSR count). The maximum atomic E-state index is 6.44. The molecular formula is C21H26BClO3. The Kier molecular flexibility index (Phi) is 5.39. The summed E-state index contributed by atoms with van der Waals surface area (Å²) in [7, 11) is -0.378. The van der Waals surface area contributed by atoms with Crippen LogP contribution in [0.1, 0.15) is 45.7 Å². The van der Waals surface area contributed by atoms with Crippen molar-refractivity contribution in [3.05, 3.63) is 58.6 Å². The van der Waals surface area contributed by atoms with E-state index in [1.54, 1.807) is 0 Å². The highest BCUT2D eigenvalue weighted by molar-refractivity contribution is 6.62. The van der Waals surface area contributed by atoms with Gasteiger partial charge >= 0.3 is 7.12 Å². The second kappa shape index (κ2) is 7.26. The van der Waals surface area contributed by atoms with Crippen LogP contribution in [-0.4, -0.2) is 24.9 Å². The lowest BCUT2D eigenvalue weighted by atomic mass is 9.78. The average molecular weight is 373 g/mol. The second-order valence-electron chi connectivity index (χ2n) is 7.69. The van der Waals surface area contributed by atoms with Gasteiger partial charge in [0.15, 0.2) is 0 Å². The van der Waals surface area contributed by atoms with Crippen LogP contribution in [-0.2, 0) is 15.7 Å². The Hall–Kier alpha value is -1.49. The molecule has 1 aliphatic heterocycles. The van der Waals surface area contributed by atoms with E-state index in [2.05, 4.69) is 45.9 Å². The fourth-order valence-corrected chi connectivity index (χ4v) is 3.13. The number of rotatable bonds is 5. The zero-order chi connectivity index (χ0) is 18.9. The van der Waals surface area contributed by atoms with Gasteiger partial charge in [0.2, 0.25) is 0 Å². The van der Waals surface area contributed by atoms with Crippen molar-refractivity contribution in [1.82, 2.24) is 0 Å². The second-order valence-corrected chi connectivity index (χ2v) is 8.10. The maximum Gasteiger partial charge on any atom is 0.494 e. The molecule has 0 N–H and O–H groups in total. The first-order valence-corrected chi connectivity index (χ1v) is 9.45. The Morgan fingerprint density at radius 2 is 1.58 bits per heavy atom. The third-order valence-electron chi connectivity index (χ3n) is 5.22. The van der Waals surface area contributed by atoms with Gasteiger partial charge in [-0.25, -0.2) is 0 Å². The zero-order valence-corrected chi connectivity index (χ0v) is 16.9. The highest BCUT2D eigenvalue weighted by Gasteiger charge is 2.51. The summed E-state index contributed by atoms with van der Waals surface area (Å²) in [5, 5.41) is 0.749. The summed E-state index contributed by atoms with van der Waals surface area (Å²) < 4.78 is 17.8. The van der Waals surface area contributed by atoms with Crippen LogP contribution in [0.4, 0.5) is 0 Å². The quantitative estimate of drug-likeness (QED) is 0.716. The van der Waals surface area contributed by atoms with Crippen molar-refractivity contribution in [2.24, 2.45) is 0 Å². The summed E-state index contributed by atoms with van der Waals surface area (Å²) in [6.45, 7) is 10.9. The number of benzene rings is 2. The minimum absolute atomic E-state index is 0.355. The highest BCUT2D eigenvalue weighted by atomic mass is 35.5. The highest BCUT2D eigenvalue weighted by Crippen LogP contribution is 2.36. The van der Waals surface area contributed by atoms with E-state index in [1.807, 2.05) is 31.2 Å². The van der Waals surface area contributed by atoms with Crippen molar-refractivity contribution < 1.29 is 14.0 Å². The Morgan fingerprint density at radius 3 is 2.15 bits per heavy atom. The number of ether oxygens (including phenoxy) is 1. The summed E-state index contributed by atoms with van der Waals surface area (Å²) in [6.07, 6.45) is 0.749. The third kappa shape index (κ3) is 3.93. The van der Waals surface area contributed by atoms with Gasteiger partial charge in [0, 0.05) is 5.02 Å². The van der Waals surface area contributed by atoms with Crippen LogP contribution in [0.2, 0.25) is 5.02 Å². The van der Waals surface area contributed by atoms with E-state index in [0.29, 0.717) is 6.61 Å². The van der Waals surface area contributed by atoms with Crippen LogP contribution in [0.3, 0.4) is 0 Å². The van der Waals surface area contributed by atoms with Gasteiger partial charge in [-0.2, -0.15) is 0 Å². The number of hydrogen-bond donors (Lipinski definition) is 0. The van der Waals surface area contributed by atoms with Gasteiger partial charge in [-0.3, -0.25) is 0 Å². The van der Waals surface area contributed by atoms with Gasteiger partial charge < -0.3 is 14.0 Å². The molecule has 1 heterocycles. The summed E-state index contributed by atoms with van der Waals surface area (Å²) >= 11 is 6.44. The van der Waals surface area contributed by atoms with Gasteiger partial charge in [0.1, 0.15) is 5.75 Å². The lowest BCUT2D eigenvalue weighted by molar-refractivity contribution is 0.00578. The molecule has 138 valence electrons. The molecule has 0 bridgehead atoms. The largest absolute Gasteiger partial charge is 0.494 e. The summed E-state index contributed by atoms with van der Waals surface area (Å²) in [4.78, 5) is 0. The van der Waals surface area contributed by atoms with Crippen molar-refractivity contribution in [1.29, 1.82) is 0 Å². The van der Waals surface area contributed by atoms with Crippen LogP contribution in [0.5, 0.6) is 5.75 Å². The fourth-order valence-electron chi connectivity index (χ4n) is 2.95. The summed E-state index contributed by atoms with van der Waals surface area (Å²) in [5.74, 6) is 0.883. The molecule has 0 aromatic heterocycles. The Morgan fingerprint density at radius 1 is 0.962 bits per heavy atom. The first kappa shape index (κ1) is 19.3. The monoisotopic (exact) mass is 372 g/mol. The van der Waals surface area contributed by atoms with Gasteiger partial charge in [-0.05, 0) is 75.8 Å². The molecule has 1 aliphatic rings. The molecule has 2 aromatic carbocycles. The average Bonchev–Trinajstić information content (AvgIpc) is 2.79. The van der Waals surface area contributed by atoms with E-state index >= 15 is 0 Å². The number of halogens is 1. The first-order valence-electron chi connectivity index (χ1n) is 9.07. The van der Waals surface area contributed by atoms with Gasteiger partial charge in [-0.1, -0.05) is 35.9 Å². The zero-order valence-electron chi connectivity index (χ0n) is 16.1. The predicted octanol–water partition coefficient (Wildman–Crippen LogP) is 4.63. The summed E-state index contributed by atoms with van der Waals surface area (Å²) in [5.41, 5.74) is 2.53. The Balaban J connectivity index is 1.80. The lowest BCUT2D eigenvalue weighted by Crippen LogP contribution is -2.41. The molecule has 3 nitrogen and oxygen atoms in total. The van der Waals surface area contributed by atoms with E-state index in [1.165, 1.54) is 5.56 Å². The molecule has 1 fully saturated rings. The van der Waals surface area contributed by atoms with Crippen LogP contribution < -0.4 is 10.2 Å². The van der Waals surface area contributed by atoms with Crippen LogP contribution in [0, 0.1) is 0 Å². The van der Waals surface area contributed by atoms with Gasteiger partial charge in [0.25, 0.3) is 0 Å². The molecule has 26 heavy (non-hydrogen) atoms. The van der Waals surface area contributed by atoms with Crippen molar-refractivity contribution in [2.75, 3.05) is 6.61 Å². The van der Waals surface area contributed by atoms with Gasteiger partial charge in [-0.15, -0.1) is 0 Å². The smallest absolute Gasteiger partial charge is 0.494 e. The molecule has 5 heteroatoms. The molecule has 0 saturated carbocycles. The minimum Gasteiger partial charge on any atom is -0.494 e. The van der Waals surface area contributed by atoms with Crippen LogP contribution in [0.15, 0.2) is 42.5 Å². The Labute approximate surface area is 161 Å². The standard InChI is InChI=1S/C21H26BClO3/c1-6-24-18-10-7-15(8-11-18)13-16-14-17(9-12-19(16)23)22-25-20(2,3)21(4,5)26-22/h7-12,14H,6,13H2,1-5H3. The van der Waals surface area contributed by atoms with E-state index in [-0.39, 0.29) is 18.3 Å². The SMILES string of the molecule is CCOc1ccc(Cc2cc(B3OC(C)(C)C(C)(C)O3)ccc2Cl)cc1. The van der Waals surface area contributed by atoms with Crippen molar-refractivity contribution in [3.8, 4) is 5.75 Å². The maximum absolute atomic E-state index is 6.44. The molecular weight excluding hydrogens is 346 g/mol. The minimum atomic E-state index is -0.378. The predicted molar refractivity (Wildman–Crippen MR) is 108 cm³/mol. The molecule has 2 aromatic rings. The van der Waals surface area contributed by atoms with Crippen molar-refractivity contribution >= 4 is 24.2 Å². The van der Waals surface area contributed by atoms with Crippen LogP contribution in [0.25, 0.3) is 0 Å². The van der Waals surface area contributed by atoms with E-state index in [4.69, 9.17) is 25.6 Å². The van der Waals surface area contributed by atoms with E-state index < -0.39 is 0 Å². The van der Waals surface area contributed by atoms with Crippen molar-refractivity contribution in [2.45, 2.75) is 52.2 Å². The molecule has 0 radical (unpaired) electrons. The first-order chi connectivity index (χ1) is 12.2. The topological polar surface area (TPSA) is 27.7 Å². The van der Waals surface area contributed by atoms with E-state index in [0.717, 1.165) is 28.2 Å². The lowest BCUT2D eigenvalue weighted by Gasteiger charge is -2.32. The molecule has 0 spiro atoms. The Bertz CT molecular complexity index is 755. The molecule has 0 amide bonds. The fraction of sp³-hybridized carbons (Fsp3) is 0.429. The van der Waals surface area contributed by atoms with E-state index in [9.17, 15) is 0 Å². The molecule has 1 saturated heterocycles. The van der Waals surface area contributed by atoms with Crippen LogP contribution >= 0.6 is 11.6 Å². The normalized spacial score (nSPS) is 18.2. The third-order valence-corrected chi connectivity index (χ3v) is 5.59. The molecule has 0 aliphatic carbocycles. The summed E-state index contributed by atoms with van der Waals surface area (Å²) in [6, 6.07) is 14.1.